The summed E-state index contributed by atoms with van der Waals surface area (Å²) in [5.74, 6) is -0.359. The van der Waals surface area contributed by atoms with Crippen LogP contribution in [-0.4, -0.2) is 10.6 Å². The van der Waals surface area contributed by atoms with Crippen LogP contribution in [-0.2, 0) is 13.1 Å². The van der Waals surface area contributed by atoms with Crippen LogP contribution in [0.4, 0.5) is 4.39 Å². The van der Waals surface area contributed by atoms with Crippen LogP contribution in [0.3, 0.4) is 0 Å². The second kappa shape index (κ2) is 5.35. The molecule has 1 aromatic carbocycles. The van der Waals surface area contributed by atoms with E-state index < -0.39 is 0 Å². The molecule has 1 aromatic heterocycles. The quantitative estimate of drug-likeness (QED) is 0.885. The molecule has 0 saturated heterocycles. The second-order valence-corrected chi connectivity index (χ2v) is 5.44. The van der Waals surface area contributed by atoms with E-state index in [9.17, 15) is 4.39 Å². The van der Waals surface area contributed by atoms with Crippen LogP contribution < -0.4 is 5.32 Å². The van der Waals surface area contributed by atoms with Gasteiger partial charge in [0.15, 0.2) is 0 Å². The largest absolute Gasteiger partial charge is 0.350 e. The molecular weight excluding hydrogens is 263 g/mol. The SMILES string of the molecule is Fc1cccc(Cn2ccc(CNC3CC3)c2)c1Cl. The van der Waals surface area contributed by atoms with Crippen molar-refractivity contribution in [3.8, 4) is 0 Å². The molecule has 0 atom stereocenters. The van der Waals surface area contributed by atoms with Crippen LogP contribution in [0.25, 0.3) is 0 Å². The Morgan fingerprint density at radius 1 is 1.32 bits per heavy atom. The van der Waals surface area contributed by atoms with Gasteiger partial charge in [0, 0.05) is 31.5 Å². The van der Waals surface area contributed by atoms with E-state index in [1.54, 1.807) is 6.07 Å². The average molecular weight is 279 g/mol. The maximum Gasteiger partial charge on any atom is 0.142 e. The van der Waals surface area contributed by atoms with Crippen LogP contribution in [0, 0.1) is 5.82 Å². The molecule has 1 fully saturated rings. The topological polar surface area (TPSA) is 17.0 Å². The van der Waals surface area contributed by atoms with Crippen molar-refractivity contribution in [3.05, 3.63) is 58.6 Å². The van der Waals surface area contributed by atoms with E-state index in [4.69, 9.17) is 11.6 Å². The number of nitrogens with one attached hydrogen (secondary N) is 1. The number of halogens is 2. The first-order chi connectivity index (χ1) is 9.22. The van der Waals surface area contributed by atoms with Crippen molar-refractivity contribution in [2.45, 2.75) is 32.0 Å². The molecule has 0 aliphatic heterocycles. The van der Waals surface area contributed by atoms with E-state index in [1.165, 1.54) is 24.5 Å². The lowest BCUT2D eigenvalue weighted by molar-refractivity contribution is 0.624. The molecule has 1 aliphatic carbocycles. The van der Waals surface area contributed by atoms with Gasteiger partial charge in [-0.1, -0.05) is 23.7 Å². The van der Waals surface area contributed by atoms with Gasteiger partial charge in [-0.05, 0) is 36.1 Å². The van der Waals surface area contributed by atoms with E-state index >= 15 is 0 Å². The molecule has 0 spiro atoms. The highest BCUT2D eigenvalue weighted by atomic mass is 35.5. The van der Waals surface area contributed by atoms with Gasteiger partial charge in [-0.15, -0.1) is 0 Å². The summed E-state index contributed by atoms with van der Waals surface area (Å²) in [7, 11) is 0. The predicted octanol–water partition coefficient (Wildman–Crippen LogP) is 3.58. The molecule has 1 heterocycles. The lowest BCUT2D eigenvalue weighted by Crippen LogP contribution is -2.14. The fourth-order valence-electron chi connectivity index (χ4n) is 2.11. The van der Waals surface area contributed by atoms with E-state index in [0.29, 0.717) is 12.6 Å². The van der Waals surface area contributed by atoms with Crippen molar-refractivity contribution >= 4 is 11.6 Å². The Hall–Kier alpha value is -1.32. The fraction of sp³-hybridized carbons (Fsp3) is 0.333. The minimum absolute atomic E-state index is 0.217. The van der Waals surface area contributed by atoms with Gasteiger partial charge >= 0.3 is 0 Å². The number of benzene rings is 1. The summed E-state index contributed by atoms with van der Waals surface area (Å²) in [5, 5.41) is 3.69. The van der Waals surface area contributed by atoms with Gasteiger partial charge in [0.1, 0.15) is 5.82 Å². The van der Waals surface area contributed by atoms with Crippen LogP contribution in [0.5, 0.6) is 0 Å². The average Bonchev–Trinajstić information content (AvgIpc) is 3.13. The highest BCUT2D eigenvalue weighted by Crippen LogP contribution is 2.21. The molecule has 1 aliphatic rings. The van der Waals surface area contributed by atoms with Crippen molar-refractivity contribution in [3.63, 3.8) is 0 Å². The third-order valence-electron chi connectivity index (χ3n) is 3.37. The summed E-state index contributed by atoms with van der Waals surface area (Å²) in [5.41, 5.74) is 2.05. The van der Waals surface area contributed by atoms with Gasteiger partial charge in [-0.2, -0.15) is 0 Å². The molecule has 0 amide bonds. The number of aromatic nitrogens is 1. The minimum Gasteiger partial charge on any atom is -0.350 e. The number of hydrogen-bond donors (Lipinski definition) is 1. The summed E-state index contributed by atoms with van der Waals surface area (Å²) in [6.07, 6.45) is 6.67. The number of hydrogen-bond acceptors (Lipinski definition) is 1. The van der Waals surface area contributed by atoms with Gasteiger partial charge in [0.25, 0.3) is 0 Å². The second-order valence-electron chi connectivity index (χ2n) is 5.06. The molecule has 4 heteroatoms. The Morgan fingerprint density at radius 2 is 2.16 bits per heavy atom. The first-order valence-electron chi connectivity index (χ1n) is 6.53. The normalized spacial score (nSPS) is 14.8. The molecule has 100 valence electrons. The Morgan fingerprint density at radius 3 is 2.95 bits per heavy atom. The van der Waals surface area contributed by atoms with Gasteiger partial charge in [-0.25, -0.2) is 4.39 Å². The highest BCUT2D eigenvalue weighted by molar-refractivity contribution is 6.31. The fourth-order valence-corrected chi connectivity index (χ4v) is 2.30. The van der Waals surface area contributed by atoms with Crippen LogP contribution in [0.15, 0.2) is 36.7 Å². The standard InChI is InChI=1S/C15H16ClFN2/c16-15-12(2-1-3-14(15)17)10-19-7-6-11(9-19)8-18-13-4-5-13/h1-3,6-7,9,13,18H,4-5,8,10H2. The lowest BCUT2D eigenvalue weighted by Gasteiger charge is -2.06. The number of nitrogens with zero attached hydrogens (tertiary/aromatic N) is 1. The van der Waals surface area contributed by atoms with E-state index in [2.05, 4.69) is 17.6 Å². The van der Waals surface area contributed by atoms with E-state index in [-0.39, 0.29) is 10.8 Å². The van der Waals surface area contributed by atoms with Crippen molar-refractivity contribution in [2.75, 3.05) is 0 Å². The molecule has 1 saturated carbocycles. The molecule has 19 heavy (non-hydrogen) atoms. The molecule has 2 aromatic rings. The number of rotatable bonds is 5. The van der Waals surface area contributed by atoms with Gasteiger partial charge in [0.05, 0.1) is 5.02 Å². The van der Waals surface area contributed by atoms with Crippen LogP contribution >= 0.6 is 11.6 Å². The molecular formula is C15H16ClFN2. The van der Waals surface area contributed by atoms with Crippen molar-refractivity contribution < 1.29 is 4.39 Å². The summed E-state index contributed by atoms with van der Waals surface area (Å²) in [6, 6.07) is 7.72. The zero-order chi connectivity index (χ0) is 13.2. The van der Waals surface area contributed by atoms with E-state index in [0.717, 1.165) is 12.1 Å². The Kier molecular flexibility index (Phi) is 3.58. The molecule has 1 N–H and O–H groups in total. The van der Waals surface area contributed by atoms with Gasteiger partial charge in [0.2, 0.25) is 0 Å². The molecule has 0 bridgehead atoms. The first-order valence-corrected chi connectivity index (χ1v) is 6.91. The predicted molar refractivity (Wildman–Crippen MR) is 74.8 cm³/mol. The molecule has 0 radical (unpaired) electrons. The van der Waals surface area contributed by atoms with Crippen molar-refractivity contribution in [1.29, 1.82) is 0 Å². The van der Waals surface area contributed by atoms with Crippen molar-refractivity contribution in [2.24, 2.45) is 0 Å². The third-order valence-corrected chi connectivity index (χ3v) is 3.79. The molecule has 2 nitrogen and oxygen atoms in total. The summed E-state index contributed by atoms with van der Waals surface area (Å²) in [4.78, 5) is 0. The van der Waals surface area contributed by atoms with E-state index in [1.807, 2.05) is 16.8 Å². The monoisotopic (exact) mass is 278 g/mol. The van der Waals surface area contributed by atoms with Crippen molar-refractivity contribution in [1.82, 2.24) is 9.88 Å². The Bertz CT molecular complexity index is 575. The molecule has 3 rings (SSSR count). The zero-order valence-corrected chi connectivity index (χ0v) is 11.3. The van der Waals surface area contributed by atoms with Gasteiger partial charge in [-0.3, -0.25) is 0 Å². The summed E-state index contributed by atoms with van der Waals surface area (Å²) in [6.45, 7) is 1.49. The summed E-state index contributed by atoms with van der Waals surface area (Å²) >= 11 is 5.96. The maximum atomic E-state index is 13.4. The third kappa shape index (κ3) is 3.17. The zero-order valence-electron chi connectivity index (χ0n) is 10.6. The highest BCUT2D eigenvalue weighted by Gasteiger charge is 2.19. The smallest absolute Gasteiger partial charge is 0.142 e. The van der Waals surface area contributed by atoms with Crippen LogP contribution in [0.1, 0.15) is 24.0 Å². The van der Waals surface area contributed by atoms with Gasteiger partial charge < -0.3 is 9.88 Å². The first kappa shape index (κ1) is 12.7. The molecule has 0 unspecified atom stereocenters. The summed E-state index contributed by atoms with van der Waals surface area (Å²) < 4.78 is 15.4. The maximum absolute atomic E-state index is 13.4. The Balaban J connectivity index is 1.67. The van der Waals surface area contributed by atoms with Crippen LogP contribution in [0.2, 0.25) is 5.02 Å². The lowest BCUT2D eigenvalue weighted by atomic mass is 10.2. The minimum atomic E-state index is -0.359. The Labute approximate surface area is 117 Å².